The number of hydrogen-bond acceptors (Lipinski definition) is 2. The highest BCUT2D eigenvalue weighted by Gasteiger charge is 2.23. The van der Waals surface area contributed by atoms with Crippen LogP contribution in [-0.4, -0.2) is 0 Å². The van der Waals surface area contributed by atoms with E-state index in [1.165, 1.54) is 18.4 Å². The monoisotopic (exact) mass is 248 g/mol. The molecule has 19 heavy (non-hydrogen) atoms. The minimum atomic E-state index is -0.296. The molecule has 0 aliphatic heterocycles. The van der Waals surface area contributed by atoms with E-state index in [0.717, 1.165) is 17.2 Å². The fourth-order valence-electron chi connectivity index (χ4n) is 2.27. The van der Waals surface area contributed by atoms with Gasteiger partial charge in [0, 0.05) is 5.69 Å². The number of nitrogens with one attached hydrogen (secondary N) is 1. The van der Waals surface area contributed by atoms with Gasteiger partial charge in [0.1, 0.15) is 6.04 Å². The highest BCUT2D eigenvalue weighted by atomic mass is 14.9. The first-order valence-corrected chi connectivity index (χ1v) is 6.68. The van der Waals surface area contributed by atoms with Gasteiger partial charge in [0.25, 0.3) is 0 Å². The molecule has 0 saturated heterocycles. The van der Waals surface area contributed by atoms with E-state index in [4.69, 9.17) is 0 Å². The zero-order chi connectivity index (χ0) is 13.1. The summed E-state index contributed by atoms with van der Waals surface area (Å²) in [6.07, 6.45) is 2.62. The smallest absolute Gasteiger partial charge is 0.140 e. The third-order valence-corrected chi connectivity index (χ3v) is 3.53. The van der Waals surface area contributed by atoms with Crippen molar-refractivity contribution in [3.8, 4) is 6.07 Å². The molecule has 94 valence electrons. The Balaban J connectivity index is 1.76. The second-order valence-corrected chi connectivity index (χ2v) is 5.01. The Bertz CT molecular complexity index is 577. The number of rotatable bonds is 4. The predicted octanol–water partition coefficient (Wildman–Crippen LogP) is 4.24. The third kappa shape index (κ3) is 2.77. The van der Waals surface area contributed by atoms with Gasteiger partial charge in [0.15, 0.2) is 0 Å². The van der Waals surface area contributed by atoms with E-state index >= 15 is 0 Å². The summed E-state index contributed by atoms with van der Waals surface area (Å²) in [4.78, 5) is 0. The van der Waals surface area contributed by atoms with Gasteiger partial charge in [-0.05, 0) is 42.0 Å². The summed E-state index contributed by atoms with van der Waals surface area (Å²) >= 11 is 0. The number of hydrogen-bond donors (Lipinski definition) is 1. The minimum absolute atomic E-state index is 0.296. The van der Waals surface area contributed by atoms with E-state index in [-0.39, 0.29) is 6.04 Å². The van der Waals surface area contributed by atoms with Crippen molar-refractivity contribution < 1.29 is 0 Å². The molecule has 0 spiro atoms. The third-order valence-electron chi connectivity index (χ3n) is 3.53. The molecule has 0 heterocycles. The number of para-hydroxylation sites is 1. The van der Waals surface area contributed by atoms with Gasteiger partial charge in [0.05, 0.1) is 6.07 Å². The summed E-state index contributed by atoms with van der Waals surface area (Å²) in [7, 11) is 0. The molecule has 0 bridgehead atoms. The van der Waals surface area contributed by atoms with Gasteiger partial charge in [-0.2, -0.15) is 5.26 Å². The van der Waals surface area contributed by atoms with Gasteiger partial charge in [-0.1, -0.05) is 42.5 Å². The van der Waals surface area contributed by atoms with Crippen LogP contribution in [0.4, 0.5) is 5.69 Å². The Hall–Kier alpha value is -2.27. The number of nitriles is 1. The Morgan fingerprint density at radius 1 is 1.00 bits per heavy atom. The fraction of sp³-hybridized carbons (Fsp3) is 0.235. The Labute approximate surface area is 113 Å². The largest absolute Gasteiger partial charge is 0.366 e. The van der Waals surface area contributed by atoms with E-state index in [9.17, 15) is 5.26 Å². The zero-order valence-corrected chi connectivity index (χ0v) is 10.7. The summed E-state index contributed by atoms with van der Waals surface area (Å²) in [5, 5.41) is 12.6. The summed E-state index contributed by atoms with van der Waals surface area (Å²) in [6.45, 7) is 0. The molecule has 2 aromatic carbocycles. The quantitative estimate of drug-likeness (QED) is 0.878. The topological polar surface area (TPSA) is 35.8 Å². The van der Waals surface area contributed by atoms with Crippen molar-refractivity contribution in [1.29, 1.82) is 5.26 Å². The molecule has 1 unspecified atom stereocenters. The van der Waals surface area contributed by atoms with Gasteiger partial charge in [-0.3, -0.25) is 0 Å². The molecule has 0 radical (unpaired) electrons. The van der Waals surface area contributed by atoms with E-state index in [0.29, 0.717) is 0 Å². The second kappa shape index (κ2) is 5.16. The van der Waals surface area contributed by atoms with Crippen LogP contribution in [0.2, 0.25) is 0 Å². The van der Waals surface area contributed by atoms with Crippen LogP contribution >= 0.6 is 0 Å². The average molecular weight is 248 g/mol. The van der Waals surface area contributed by atoms with Crippen LogP contribution in [0, 0.1) is 11.3 Å². The maximum Gasteiger partial charge on any atom is 0.140 e. The highest BCUT2D eigenvalue weighted by molar-refractivity contribution is 5.47. The Kier molecular flexibility index (Phi) is 3.20. The first-order chi connectivity index (χ1) is 9.36. The molecule has 1 aliphatic rings. The molecule has 2 heteroatoms. The lowest BCUT2D eigenvalue weighted by Crippen LogP contribution is -2.08. The van der Waals surface area contributed by atoms with Gasteiger partial charge in [-0.25, -0.2) is 0 Å². The molecular weight excluding hydrogens is 232 g/mol. The molecule has 1 saturated carbocycles. The molecule has 1 N–H and O–H groups in total. The van der Waals surface area contributed by atoms with Crippen molar-refractivity contribution in [3.05, 3.63) is 65.7 Å². The van der Waals surface area contributed by atoms with Crippen molar-refractivity contribution in [2.24, 2.45) is 0 Å². The average Bonchev–Trinajstić information content (AvgIpc) is 3.31. The van der Waals surface area contributed by atoms with Crippen molar-refractivity contribution >= 4 is 5.69 Å². The van der Waals surface area contributed by atoms with Crippen molar-refractivity contribution in [2.45, 2.75) is 24.8 Å². The van der Waals surface area contributed by atoms with Crippen LogP contribution < -0.4 is 5.32 Å². The molecule has 2 aromatic rings. The lowest BCUT2D eigenvalue weighted by atomic mass is 10.0. The molecule has 1 aliphatic carbocycles. The van der Waals surface area contributed by atoms with E-state index in [1.807, 2.05) is 30.3 Å². The summed E-state index contributed by atoms with van der Waals surface area (Å²) in [6, 6.07) is 20.3. The maximum atomic E-state index is 9.32. The SMILES string of the molecule is N#CC(Nc1ccccc1)c1ccc(C2CC2)cc1. The van der Waals surface area contributed by atoms with Crippen molar-refractivity contribution in [2.75, 3.05) is 5.32 Å². The Morgan fingerprint density at radius 2 is 1.68 bits per heavy atom. The molecule has 1 atom stereocenters. The van der Waals surface area contributed by atoms with Crippen LogP contribution in [0.1, 0.15) is 35.9 Å². The maximum absolute atomic E-state index is 9.32. The molecule has 3 rings (SSSR count). The highest BCUT2D eigenvalue weighted by Crippen LogP contribution is 2.40. The predicted molar refractivity (Wildman–Crippen MR) is 76.8 cm³/mol. The number of nitrogens with zero attached hydrogens (tertiary/aromatic N) is 1. The van der Waals surface area contributed by atoms with E-state index in [2.05, 4.69) is 35.7 Å². The minimum Gasteiger partial charge on any atom is -0.366 e. The van der Waals surface area contributed by atoms with Gasteiger partial charge in [0.2, 0.25) is 0 Å². The fourth-order valence-corrected chi connectivity index (χ4v) is 2.27. The lowest BCUT2D eigenvalue weighted by Gasteiger charge is -2.13. The summed E-state index contributed by atoms with van der Waals surface area (Å²) in [5.74, 6) is 0.761. The molecular formula is C17H16N2. The number of benzene rings is 2. The van der Waals surface area contributed by atoms with Crippen LogP contribution in [0.25, 0.3) is 0 Å². The first-order valence-electron chi connectivity index (χ1n) is 6.68. The first kappa shape index (κ1) is 11.8. The second-order valence-electron chi connectivity index (χ2n) is 5.01. The summed E-state index contributed by atoms with van der Waals surface area (Å²) in [5.41, 5.74) is 3.40. The van der Waals surface area contributed by atoms with Crippen LogP contribution in [0.5, 0.6) is 0 Å². The van der Waals surface area contributed by atoms with Gasteiger partial charge < -0.3 is 5.32 Å². The van der Waals surface area contributed by atoms with E-state index < -0.39 is 0 Å². The molecule has 0 aromatic heterocycles. The number of anilines is 1. The van der Waals surface area contributed by atoms with Crippen LogP contribution in [0.3, 0.4) is 0 Å². The van der Waals surface area contributed by atoms with Gasteiger partial charge >= 0.3 is 0 Å². The van der Waals surface area contributed by atoms with Crippen molar-refractivity contribution in [1.82, 2.24) is 0 Å². The normalized spacial score (nSPS) is 15.5. The molecule has 2 nitrogen and oxygen atoms in total. The van der Waals surface area contributed by atoms with Gasteiger partial charge in [-0.15, -0.1) is 0 Å². The van der Waals surface area contributed by atoms with Crippen molar-refractivity contribution in [3.63, 3.8) is 0 Å². The lowest BCUT2D eigenvalue weighted by molar-refractivity contribution is 0.991. The van der Waals surface area contributed by atoms with E-state index in [1.54, 1.807) is 0 Å². The Morgan fingerprint density at radius 3 is 2.26 bits per heavy atom. The molecule has 0 amide bonds. The zero-order valence-electron chi connectivity index (χ0n) is 10.7. The van der Waals surface area contributed by atoms with Crippen LogP contribution in [-0.2, 0) is 0 Å². The molecule has 1 fully saturated rings. The van der Waals surface area contributed by atoms with Crippen LogP contribution in [0.15, 0.2) is 54.6 Å². The standard InChI is InChI=1S/C17H16N2/c18-12-17(19-16-4-2-1-3-5-16)15-10-8-14(9-11-15)13-6-7-13/h1-5,8-11,13,17,19H,6-7H2. The summed E-state index contributed by atoms with van der Waals surface area (Å²) < 4.78 is 0.